The Balaban J connectivity index is 1.31. The van der Waals surface area contributed by atoms with Gasteiger partial charge in [0.1, 0.15) is 24.7 Å². The molecule has 2 heterocycles. The molecule has 0 radical (unpaired) electrons. The van der Waals surface area contributed by atoms with Gasteiger partial charge in [-0.15, -0.1) is 0 Å². The van der Waals surface area contributed by atoms with E-state index in [1.165, 1.54) is 24.0 Å². The van der Waals surface area contributed by atoms with Crippen molar-refractivity contribution in [1.82, 2.24) is 15.8 Å². The van der Waals surface area contributed by atoms with Gasteiger partial charge in [0.05, 0.1) is 19.3 Å². The molecule has 3 atom stereocenters. The van der Waals surface area contributed by atoms with Gasteiger partial charge in [-0.2, -0.15) is 0 Å². The lowest BCUT2D eigenvalue weighted by Gasteiger charge is -2.31. The van der Waals surface area contributed by atoms with Crippen molar-refractivity contribution >= 4 is 29.7 Å². The number of hydrazine groups is 1. The van der Waals surface area contributed by atoms with Crippen LogP contribution in [-0.4, -0.2) is 96.2 Å². The number of esters is 1. The summed E-state index contributed by atoms with van der Waals surface area (Å²) in [6.07, 6.45) is 1.78. The lowest BCUT2D eigenvalue weighted by molar-refractivity contribution is -0.195. The van der Waals surface area contributed by atoms with Gasteiger partial charge in [-0.05, 0) is 25.0 Å². The molecule has 3 rings (SSSR count). The number of unbranched alkanes of at least 4 members (excludes halogenated alkanes) is 2. The van der Waals surface area contributed by atoms with Gasteiger partial charge in [0.25, 0.3) is 11.8 Å². The quantitative estimate of drug-likeness (QED) is 0.0725. The zero-order chi connectivity index (χ0) is 31.9. The van der Waals surface area contributed by atoms with E-state index in [2.05, 4.69) is 10.9 Å². The number of ether oxygens (including phenoxy) is 5. The number of imide groups is 1. The number of aliphatic carboxylic acids is 1. The predicted molar refractivity (Wildman–Crippen MR) is 151 cm³/mol. The van der Waals surface area contributed by atoms with Gasteiger partial charge in [-0.3, -0.25) is 29.5 Å². The smallest absolute Gasteiger partial charge is 0.333 e. The molecule has 2 aliphatic rings. The number of carboxylic acids is 1. The van der Waals surface area contributed by atoms with E-state index in [9.17, 15) is 34.2 Å². The van der Waals surface area contributed by atoms with Crippen molar-refractivity contribution in [3.05, 3.63) is 35.9 Å². The van der Waals surface area contributed by atoms with Crippen molar-refractivity contribution in [2.24, 2.45) is 0 Å². The highest BCUT2D eigenvalue weighted by Gasteiger charge is 2.34. The molecule has 3 unspecified atom stereocenters. The van der Waals surface area contributed by atoms with E-state index < -0.39 is 30.4 Å². The van der Waals surface area contributed by atoms with Gasteiger partial charge in [0.2, 0.25) is 12.2 Å². The number of amides is 3. The third-order valence-corrected chi connectivity index (χ3v) is 6.55. The lowest BCUT2D eigenvalue weighted by atomic mass is 10.1. The van der Waals surface area contributed by atoms with Crippen LogP contribution in [0.2, 0.25) is 0 Å². The topological polar surface area (TPSA) is 199 Å². The number of carbonyl (C=O) groups excluding carboxylic acids is 4. The second-order valence-corrected chi connectivity index (χ2v) is 10.1. The molecule has 1 fully saturated rings. The number of aliphatic hydroxyl groups excluding tert-OH is 1. The van der Waals surface area contributed by atoms with Crippen LogP contribution in [-0.2, 0) is 44.8 Å². The van der Waals surface area contributed by atoms with E-state index >= 15 is 0 Å². The fourth-order valence-corrected chi connectivity index (χ4v) is 4.33. The minimum Gasteiger partial charge on any atom is -0.491 e. The fraction of sp³-hybridized carbons (Fsp3) is 0.552. The molecule has 0 aliphatic carbocycles. The molecule has 242 valence electrons. The Morgan fingerprint density at radius 3 is 2.55 bits per heavy atom. The Hall–Kier alpha value is -4.05. The number of carbonyl (C=O) groups is 5. The number of hydrogen-bond acceptors (Lipinski definition) is 12. The van der Waals surface area contributed by atoms with Crippen molar-refractivity contribution in [1.29, 1.82) is 0 Å². The molecule has 44 heavy (non-hydrogen) atoms. The molecule has 2 aliphatic heterocycles. The molecule has 0 spiro atoms. The molecule has 15 nitrogen and oxygen atoms in total. The molecule has 0 aromatic heterocycles. The molecule has 1 aromatic rings. The van der Waals surface area contributed by atoms with E-state index in [1.807, 2.05) is 0 Å². The Morgan fingerprint density at radius 1 is 1.05 bits per heavy atom. The summed E-state index contributed by atoms with van der Waals surface area (Å²) in [5.41, 5.74) is 5.94. The van der Waals surface area contributed by atoms with Gasteiger partial charge in [0.15, 0.2) is 6.10 Å². The number of nitrogens with zero attached hydrogens (tertiary/aromatic N) is 1. The molecule has 1 saturated heterocycles. The first-order valence-electron chi connectivity index (χ1n) is 14.4. The molecule has 0 bridgehead atoms. The highest BCUT2D eigenvalue weighted by molar-refractivity contribution is 6.12. The summed E-state index contributed by atoms with van der Waals surface area (Å²) >= 11 is 0. The standard InChI is InChI=1S/C29H39N3O12/c1-19(33)42-18-20-6-7-22(43-28-16-21(34)15-24(44-28)29(38)39)17-23(20)41-14-13-40-12-10-30-31-25(35)5-3-2-4-11-32-26(36)8-9-27(32)37/h6-9,17,21,24,28,30,34H,2-5,10-16,18H2,1H3,(H,31,35)(H,38,39). The second kappa shape index (κ2) is 17.9. The Bertz CT molecular complexity index is 1170. The van der Waals surface area contributed by atoms with Crippen LogP contribution in [0.15, 0.2) is 30.4 Å². The van der Waals surface area contributed by atoms with Gasteiger partial charge in [-0.1, -0.05) is 6.42 Å². The lowest BCUT2D eigenvalue weighted by Crippen LogP contribution is -2.42. The number of rotatable bonds is 19. The Morgan fingerprint density at radius 2 is 1.82 bits per heavy atom. The summed E-state index contributed by atoms with van der Waals surface area (Å²) in [6.45, 7) is 2.58. The average Bonchev–Trinajstić information content (AvgIpc) is 3.29. The van der Waals surface area contributed by atoms with Crippen molar-refractivity contribution in [3.63, 3.8) is 0 Å². The SMILES string of the molecule is CC(=O)OCc1ccc(OC2CC(O)CC(C(=O)O)O2)cc1OCCOCCNNC(=O)CCCCCN1C(=O)C=CC1=O. The minimum atomic E-state index is -1.19. The largest absolute Gasteiger partial charge is 0.491 e. The maximum atomic E-state index is 12.0. The monoisotopic (exact) mass is 621 g/mol. The van der Waals surface area contributed by atoms with E-state index in [0.29, 0.717) is 55.8 Å². The first-order valence-corrected chi connectivity index (χ1v) is 14.4. The first kappa shape index (κ1) is 34.4. The van der Waals surface area contributed by atoms with Crippen molar-refractivity contribution in [2.45, 2.75) is 70.6 Å². The highest BCUT2D eigenvalue weighted by Crippen LogP contribution is 2.29. The van der Waals surface area contributed by atoms with Gasteiger partial charge >= 0.3 is 11.9 Å². The number of benzene rings is 1. The Kier molecular flexibility index (Phi) is 14.0. The van der Waals surface area contributed by atoms with Crippen LogP contribution in [0.25, 0.3) is 0 Å². The first-order chi connectivity index (χ1) is 21.1. The normalized spacial score (nSPS) is 19.6. The third kappa shape index (κ3) is 11.9. The average molecular weight is 622 g/mol. The van der Waals surface area contributed by atoms with E-state index in [-0.39, 0.29) is 57.0 Å². The molecule has 4 N–H and O–H groups in total. The van der Waals surface area contributed by atoms with E-state index in [0.717, 1.165) is 0 Å². The summed E-state index contributed by atoms with van der Waals surface area (Å²) < 4.78 is 27.6. The van der Waals surface area contributed by atoms with Crippen LogP contribution >= 0.6 is 0 Å². The highest BCUT2D eigenvalue weighted by atomic mass is 16.7. The predicted octanol–water partition coefficient (Wildman–Crippen LogP) is 0.581. The van der Waals surface area contributed by atoms with Crippen molar-refractivity contribution in [2.75, 3.05) is 32.9 Å². The second-order valence-electron chi connectivity index (χ2n) is 10.1. The molecule has 0 saturated carbocycles. The molecule has 1 aromatic carbocycles. The summed E-state index contributed by atoms with van der Waals surface area (Å²) in [7, 11) is 0. The van der Waals surface area contributed by atoms with Crippen LogP contribution in [0.5, 0.6) is 11.5 Å². The fourth-order valence-electron chi connectivity index (χ4n) is 4.33. The maximum Gasteiger partial charge on any atom is 0.333 e. The third-order valence-electron chi connectivity index (χ3n) is 6.55. The summed E-state index contributed by atoms with van der Waals surface area (Å²) in [6, 6.07) is 4.79. The van der Waals surface area contributed by atoms with Crippen LogP contribution < -0.4 is 20.3 Å². The molecule has 15 heteroatoms. The number of hydrogen-bond donors (Lipinski definition) is 4. The van der Waals surface area contributed by atoms with Crippen LogP contribution in [0.1, 0.15) is 51.0 Å². The summed E-state index contributed by atoms with van der Waals surface area (Å²) in [5, 5.41) is 19.2. The molecular weight excluding hydrogens is 582 g/mol. The number of aliphatic hydroxyl groups is 1. The van der Waals surface area contributed by atoms with E-state index in [4.69, 9.17) is 23.7 Å². The van der Waals surface area contributed by atoms with Crippen LogP contribution in [0.3, 0.4) is 0 Å². The number of carboxylic acid groups (broad SMARTS) is 1. The number of nitrogens with one attached hydrogen (secondary N) is 2. The van der Waals surface area contributed by atoms with Crippen molar-refractivity contribution < 1.29 is 57.9 Å². The molecule has 3 amide bonds. The van der Waals surface area contributed by atoms with Gasteiger partial charge in [-0.25, -0.2) is 10.2 Å². The molecular formula is C29H39N3O12. The maximum absolute atomic E-state index is 12.0. The summed E-state index contributed by atoms with van der Waals surface area (Å²) in [4.78, 5) is 58.7. The minimum absolute atomic E-state index is 0.0279. The van der Waals surface area contributed by atoms with Crippen LogP contribution in [0.4, 0.5) is 0 Å². The Labute approximate surface area is 254 Å². The van der Waals surface area contributed by atoms with Crippen molar-refractivity contribution in [3.8, 4) is 11.5 Å². The van der Waals surface area contributed by atoms with Crippen LogP contribution in [0, 0.1) is 0 Å². The van der Waals surface area contributed by atoms with Gasteiger partial charge in [0, 0.05) is 63.1 Å². The summed E-state index contributed by atoms with van der Waals surface area (Å²) in [5.74, 6) is -1.77. The zero-order valence-electron chi connectivity index (χ0n) is 24.5. The van der Waals surface area contributed by atoms with E-state index in [1.54, 1.807) is 18.2 Å². The zero-order valence-corrected chi connectivity index (χ0v) is 24.5. The van der Waals surface area contributed by atoms with Gasteiger partial charge < -0.3 is 33.9 Å².